The molecule has 0 aromatic heterocycles. The van der Waals surface area contributed by atoms with Crippen molar-refractivity contribution in [1.82, 2.24) is 0 Å². The van der Waals surface area contributed by atoms with Gasteiger partial charge in [0, 0.05) is 18.0 Å². The van der Waals surface area contributed by atoms with Crippen molar-refractivity contribution >= 4 is 0 Å². The molecule has 0 saturated carbocycles. The molecule has 20 heavy (non-hydrogen) atoms. The average molecular weight is 283 g/mol. The number of benzene rings is 1. The molecule has 2 rings (SSSR count). The molecule has 2 N–H and O–H groups in total. The first-order chi connectivity index (χ1) is 9.11. The average Bonchev–Trinajstić information content (AvgIpc) is 2.50. The van der Waals surface area contributed by atoms with Gasteiger partial charge in [-0.3, -0.25) is 0 Å². The number of hydrogen-bond donors (Lipinski definition) is 1. The lowest BCUT2D eigenvalue weighted by atomic mass is 9.80. The minimum atomic E-state index is -0.564. The van der Waals surface area contributed by atoms with Crippen LogP contribution < -0.4 is 5.73 Å². The van der Waals surface area contributed by atoms with Gasteiger partial charge in [-0.1, -0.05) is 6.07 Å². The van der Waals surface area contributed by atoms with E-state index in [-0.39, 0.29) is 23.2 Å². The molecule has 1 fully saturated rings. The van der Waals surface area contributed by atoms with E-state index in [9.17, 15) is 8.78 Å². The van der Waals surface area contributed by atoms with Crippen LogP contribution in [-0.2, 0) is 11.2 Å². The van der Waals surface area contributed by atoms with Gasteiger partial charge in [0.15, 0.2) is 0 Å². The Morgan fingerprint density at radius 1 is 1.30 bits per heavy atom. The van der Waals surface area contributed by atoms with Crippen molar-refractivity contribution in [1.29, 1.82) is 0 Å². The zero-order valence-electron chi connectivity index (χ0n) is 12.5. The number of hydrogen-bond acceptors (Lipinski definition) is 2. The van der Waals surface area contributed by atoms with Crippen LogP contribution in [0.15, 0.2) is 18.2 Å². The van der Waals surface area contributed by atoms with E-state index in [1.807, 2.05) is 27.7 Å². The van der Waals surface area contributed by atoms with Crippen molar-refractivity contribution in [2.75, 3.05) is 0 Å². The summed E-state index contributed by atoms with van der Waals surface area (Å²) >= 11 is 0. The third-order valence-electron chi connectivity index (χ3n) is 4.13. The number of rotatable bonds is 3. The second-order valence-corrected chi connectivity index (χ2v) is 6.88. The molecule has 1 saturated heterocycles. The van der Waals surface area contributed by atoms with Gasteiger partial charge in [-0.2, -0.15) is 0 Å². The Morgan fingerprint density at radius 3 is 2.45 bits per heavy atom. The molecule has 2 atom stereocenters. The third kappa shape index (κ3) is 3.18. The van der Waals surface area contributed by atoms with E-state index in [2.05, 4.69) is 0 Å². The standard InChI is InChI=1S/C16H23F2NO/c1-15(2)9-12(16(3,4)20-15)14(19)7-10-5-6-11(17)8-13(10)18/h5-6,8,12,14H,7,9,19H2,1-4H3. The first kappa shape index (κ1) is 15.4. The van der Waals surface area contributed by atoms with Crippen molar-refractivity contribution in [3.8, 4) is 0 Å². The van der Waals surface area contributed by atoms with Crippen LogP contribution in [0.3, 0.4) is 0 Å². The molecule has 0 radical (unpaired) electrons. The predicted molar refractivity (Wildman–Crippen MR) is 75.4 cm³/mol. The van der Waals surface area contributed by atoms with Gasteiger partial charge in [0.25, 0.3) is 0 Å². The van der Waals surface area contributed by atoms with Crippen molar-refractivity contribution < 1.29 is 13.5 Å². The van der Waals surface area contributed by atoms with E-state index < -0.39 is 11.6 Å². The predicted octanol–water partition coefficient (Wildman–Crippen LogP) is 3.43. The minimum Gasteiger partial charge on any atom is -0.369 e. The van der Waals surface area contributed by atoms with E-state index in [0.717, 1.165) is 12.5 Å². The van der Waals surface area contributed by atoms with Crippen LogP contribution >= 0.6 is 0 Å². The zero-order valence-corrected chi connectivity index (χ0v) is 12.5. The van der Waals surface area contributed by atoms with Crippen molar-refractivity contribution in [2.45, 2.75) is 57.8 Å². The molecule has 1 aromatic rings. The smallest absolute Gasteiger partial charge is 0.129 e. The Hall–Kier alpha value is -1.00. The highest BCUT2D eigenvalue weighted by molar-refractivity contribution is 5.20. The summed E-state index contributed by atoms with van der Waals surface area (Å²) in [4.78, 5) is 0. The first-order valence-electron chi connectivity index (χ1n) is 7.00. The molecular weight excluding hydrogens is 260 g/mol. The monoisotopic (exact) mass is 283 g/mol. The van der Waals surface area contributed by atoms with E-state index in [4.69, 9.17) is 10.5 Å². The Morgan fingerprint density at radius 2 is 1.95 bits per heavy atom. The second-order valence-electron chi connectivity index (χ2n) is 6.88. The molecule has 4 heteroatoms. The molecule has 0 spiro atoms. The van der Waals surface area contributed by atoms with E-state index >= 15 is 0 Å². The van der Waals surface area contributed by atoms with Crippen molar-refractivity contribution in [3.63, 3.8) is 0 Å². The molecule has 0 bridgehead atoms. The number of halogens is 2. The van der Waals surface area contributed by atoms with Crippen LogP contribution in [0.1, 0.15) is 39.7 Å². The highest BCUT2D eigenvalue weighted by Crippen LogP contribution is 2.43. The molecular formula is C16H23F2NO. The molecule has 2 nitrogen and oxygen atoms in total. The van der Waals surface area contributed by atoms with E-state index in [0.29, 0.717) is 12.0 Å². The van der Waals surface area contributed by atoms with E-state index in [1.54, 1.807) is 0 Å². The Labute approximate surface area is 119 Å². The molecule has 1 aliphatic rings. The van der Waals surface area contributed by atoms with Crippen LogP contribution in [0.25, 0.3) is 0 Å². The molecule has 112 valence electrons. The Bertz CT molecular complexity index is 499. The van der Waals surface area contributed by atoms with E-state index in [1.165, 1.54) is 12.1 Å². The summed E-state index contributed by atoms with van der Waals surface area (Å²) in [5.74, 6) is -0.955. The SMILES string of the molecule is CC1(C)CC(C(N)Cc2ccc(F)cc2F)C(C)(C)O1. The summed E-state index contributed by atoms with van der Waals surface area (Å²) in [6.45, 7) is 8.13. The largest absolute Gasteiger partial charge is 0.369 e. The first-order valence-corrected chi connectivity index (χ1v) is 7.00. The fourth-order valence-corrected chi connectivity index (χ4v) is 3.36. The maximum Gasteiger partial charge on any atom is 0.129 e. The molecule has 0 amide bonds. The lowest BCUT2D eigenvalue weighted by Crippen LogP contribution is -2.42. The van der Waals surface area contributed by atoms with Gasteiger partial charge in [-0.15, -0.1) is 0 Å². The molecule has 0 aliphatic carbocycles. The lowest BCUT2D eigenvalue weighted by Gasteiger charge is -2.31. The van der Waals surface area contributed by atoms with Gasteiger partial charge in [0.05, 0.1) is 11.2 Å². The summed E-state index contributed by atoms with van der Waals surface area (Å²) in [5, 5.41) is 0. The fraction of sp³-hybridized carbons (Fsp3) is 0.625. The van der Waals surface area contributed by atoms with Crippen molar-refractivity contribution in [2.24, 2.45) is 11.7 Å². The minimum absolute atomic E-state index is 0.141. The molecule has 1 heterocycles. The molecule has 2 unspecified atom stereocenters. The topological polar surface area (TPSA) is 35.2 Å². The fourth-order valence-electron chi connectivity index (χ4n) is 3.36. The van der Waals surface area contributed by atoms with Gasteiger partial charge >= 0.3 is 0 Å². The van der Waals surface area contributed by atoms with Gasteiger partial charge < -0.3 is 10.5 Å². The number of nitrogens with two attached hydrogens (primary N) is 1. The van der Waals surface area contributed by atoms with Crippen LogP contribution in [0.2, 0.25) is 0 Å². The third-order valence-corrected chi connectivity index (χ3v) is 4.13. The lowest BCUT2D eigenvalue weighted by molar-refractivity contribution is -0.0765. The van der Waals surface area contributed by atoms with Crippen LogP contribution in [0.5, 0.6) is 0 Å². The maximum absolute atomic E-state index is 13.7. The van der Waals surface area contributed by atoms with Crippen LogP contribution in [-0.4, -0.2) is 17.2 Å². The summed E-state index contributed by atoms with van der Waals surface area (Å²) in [7, 11) is 0. The van der Waals surface area contributed by atoms with Crippen LogP contribution in [0, 0.1) is 17.6 Å². The highest BCUT2D eigenvalue weighted by atomic mass is 19.1. The molecule has 1 aromatic carbocycles. The maximum atomic E-state index is 13.7. The Balaban J connectivity index is 2.14. The zero-order chi connectivity index (χ0) is 15.1. The Kier molecular flexibility index (Phi) is 3.91. The summed E-state index contributed by atoms with van der Waals surface area (Å²) in [6, 6.07) is 3.43. The van der Waals surface area contributed by atoms with Gasteiger partial charge in [-0.05, 0) is 52.2 Å². The summed E-state index contributed by atoms with van der Waals surface area (Å²) in [5.41, 5.74) is 6.18. The quantitative estimate of drug-likeness (QED) is 0.922. The normalized spacial score (nSPS) is 25.6. The van der Waals surface area contributed by atoms with Gasteiger partial charge in [0.1, 0.15) is 11.6 Å². The van der Waals surface area contributed by atoms with Crippen molar-refractivity contribution in [3.05, 3.63) is 35.4 Å². The van der Waals surface area contributed by atoms with Gasteiger partial charge in [0.2, 0.25) is 0 Å². The van der Waals surface area contributed by atoms with Gasteiger partial charge in [-0.25, -0.2) is 8.78 Å². The summed E-state index contributed by atoms with van der Waals surface area (Å²) < 4.78 is 32.7. The summed E-state index contributed by atoms with van der Waals surface area (Å²) in [6.07, 6.45) is 1.23. The number of ether oxygens (including phenoxy) is 1. The van der Waals surface area contributed by atoms with Crippen LogP contribution in [0.4, 0.5) is 8.78 Å². The molecule has 1 aliphatic heterocycles. The second kappa shape index (κ2) is 5.08. The highest BCUT2D eigenvalue weighted by Gasteiger charge is 2.48.